The molecule has 0 radical (unpaired) electrons. The van der Waals surface area contributed by atoms with E-state index < -0.39 is 13.0 Å². The van der Waals surface area contributed by atoms with Crippen molar-refractivity contribution in [2.75, 3.05) is 52.7 Å². The summed E-state index contributed by atoms with van der Waals surface area (Å²) in [7, 11) is 0. The first-order valence-electron chi connectivity index (χ1n) is 9.68. The Labute approximate surface area is 168 Å². The third-order valence-corrected chi connectivity index (χ3v) is 4.57. The number of likely N-dealkylation sites (tertiary alicyclic amines) is 1. The Morgan fingerprint density at radius 1 is 1.07 bits per heavy atom. The van der Waals surface area contributed by atoms with Gasteiger partial charge >= 0.3 is 6.36 Å². The van der Waals surface area contributed by atoms with Crippen LogP contribution < -0.4 is 0 Å². The Balaban J connectivity index is 1.50. The molecule has 1 aliphatic rings. The van der Waals surface area contributed by atoms with Crippen molar-refractivity contribution < 1.29 is 36.9 Å². The molecule has 1 amide bonds. The highest BCUT2D eigenvalue weighted by molar-refractivity contribution is 5.83. The number of hydrogen-bond acceptors (Lipinski definition) is 5. The van der Waals surface area contributed by atoms with Gasteiger partial charge in [-0.3, -0.25) is 9.53 Å². The van der Waals surface area contributed by atoms with Crippen LogP contribution in [0.15, 0.2) is 30.3 Å². The Kier molecular flexibility index (Phi) is 9.86. The van der Waals surface area contributed by atoms with Crippen LogP contribution in [0, 0.1) is 0 Å². The van der Waals surface area contributed by atoms with E-state index in [-0.39, 0.29) is 37.7 Å². The third kappa shape index (κ3) is 9.12. The second-order valence-corrected chi connectivity index (χ2v) is 6.72. The normalized spacial score (nSPS) is 18.2. The van der Waals surface area contributed by atoms with Crippen molar-refractivity contribution in [3.8, 4) is 0 Å². The lowest BCUT2D eigenvalue weighted by Crippen LogP contribution is -2.33. The number of alkyl halides is 3. The number of hydrogen-bond donors (Lipinski definition) is 0. The Bertz CT molecular complexity index is 600. The van der Waals surface area contributed by atoms with E-state index in [1.165, 1.54) is 0 Å². The predicted octanol–water partition coefficient (Wildman–Crippen LogP) is 2.98. The molecule has 1 aromatic rings. The van der Waals surface area contributed by atoms with Crippen molar-refractivity contribution in [2.24, 2.45) is 0 Å². The van der Waals surface area contributed by atoms with Crippen LogP contribution in [0.25, 0.3) is 0 Å². The van der Waals surface area contributed by atoms with Crippen LogP contribution in [-0.4, -0.2) is 76.0 Å². The molecule has 1 aliphatic heterocycles. The largest absolute Gasteiger partial charge is 0.522 e. The first kappa shape index (κ1) is 23.6. The number of carbonyl (C=O) groups excluding carboxylic acids is 1. The number of amides is 1. The second-order valence-electron chi connectivity index (χ2n) is 6.72. The lowest BCUT2D eigenvalue weighted by Gasteiger charge is -2.21. The quantitative estimate of drug-likeness (QED) is 0.488. The number of rotatable bonds is 12. The fourth-order valence-corrected chi connectivity index (χ4v) is 3.03. The highest BCUT2D eigenvalue weighted by atomic mass is 19.4. The van der Waals surface area contributed by atoms with Gasteiger partial charge in [-0.2, -0.15) is 0 Å². The molecule has 6 nitrogen and oxygen atoms in total. The molecule has 0 aromatic heterocycles. The Morgan fingerprint density at radius 3 is 2.34 bits per heavy atom. The molecule has 0 spiro atoms. The molecule has 164 valence electrons. The molecule has 0 saturated carbocycles. The highest BCUT2D eigenvalue weighted by Gasteiger charge is 2.30. The summed E-state index contributed by atoms with van der Waals surface area (Å²) in [5, 5.41) is 0. The van der Waals surface area contributed by atoms with Gasteiger partial charge in [-0.1, -0.05) is 30.3 Å². The number of benzene rings is 1. The number of carbonyl (C=O) groups is 1. The van der Waals surface area contributed by atoms with Gasteiger partial charge in [-0.15, -0.1) is 13.2 Å². The summed E-state index contributed by atoms with van der Waals surface area (Å²) in [5.74, 6) is -0.0787. The number of ether oxygens (including phenoxy) is 4. The van der Waals surface area contributed by atoms with Gasteiger partial charge in [0, 0.05) is 13.1 Å². The topological polar surface area (TPSA) is 57.2 Å². The molecule has 1 aromatic carbocycles. The zero-order valence-electron chi connectivity index (χ0n) is 16.5. The molecule has 1 saturated heterocycles. The second kappa shape index (κ2) is 12.1. The lowest BCUT2D eigenvalue weighted by atomic mass is 10.00. The average Bonchev–Trinajstić information content (AvgIpc) is 3.17. The zero-order chi connectivity index (χ0) is 21.1. The summed E-state index contributed by atoms with van der Waals surface area (Å²) in [5.41, 5.74) is 1.00. The monoisotopic (exact) mass is 419 g/mol. The lowest BCUT2D eigenvalue weighted by molar-refractivity contribution is -0.327. The maximum absolute atomic E-state index is 12.6. The van der Waals surface area contributed by atoms with E-state index in [1.807, 2.05) is 42.2 Å². The minimum atomic E-state index is -4.63. The molecular weight excluding hydrogens is 391 g/mol. The zero-order valence-corrected chi connectivity index (χ0v) is 16.5. The van der Waals surface area contributed by atoms with Crippen molar-refractivity contribution >= 4 is 5.91 Å². The standard InChI is InChI=1S/C20H28F3NO5/c1-16(17-5-3-2-4-6-17)19(25)24-8-7-18(15-24)28-13-11-26-9-10-27-12-14-29-20(21,22)23/h2-6,16,18H,7-15H2,1H3/t16-,18-/m0/s1. The molecule has 1 fully saturated rings. The maximum Gasteiger partial charge on any atom is 0.522 e. The van der Waals surface area contributed by atoms with E-state index in [9.17, 15) is 18.0 Å². The predicted molar refractivity (Wildman–Crippen MR) is 99.4 cm³/mol. The van der Waals surface area contributed by atoms with Gasteiger partial charge in [0.05, 0.1) is 51.7 Å². The fourth-order valence-electron chi connectivity index (χ4n) is 3.03. The third-order valence-electron chi connectivity index (χ3n) is 4.57. The fraction of sp³-hybridized carbons (Fsp3) is 0.650. The van der Waals surface area contributed by atoms with Crippen molar-refractivity contribution in [3.63, 3.8) is 0 Å². The van der Waals surface area contributed by atoms with Gasteiger partial charge in [0.2, 0.25) is 5.91 Å². The molecule has 0 bridgehead atoms. The van der Waals surface area contributed by atoms with E-state index in [0.29, 0.717) is 26.3 Å². The Morgan fingerprint density at radius 2 is 1.69 bits per heavy atom. The first-order valence-corrected chi connectivity index (χ1v) is 9.68. The van der Waals surface area contributed by atoms with E-state index in [4.69, 9.17) is 14.2 Å². The Hall–Kier alpha value is -1.68. The summed E-state index contributed by atoms with van der Waals surface area (Å²) in [6.45, 7) is 3.67. The van der Waals surface area contributed by atoms with Gasteiger partial charge in [0.25, 0.3) is 0 Å². The van der Waals surface area contributed by atoms with Gasteiger partial charge in [-0.25, -0.2) is 0 Å². The SMILES string of the molecule is C[C@H](C(=O)N1CC[C@H](OCCOCCOCCOC(F)(F)F)C1)c1ccccc1. The van der Waals surface area contributed by atoms with Crippen LogP contribution >= 0.6 is 0 Å². The highest BCUT2D eigenvalue weighted by Crippen LogP contribution is 2.21. The van der Waals surface area contributed by atoms with E-state index in [2.05, 4.69) is 4.74 Å². The molecule has 29 heavy (non-hydrogen) atoms. The van der Waals surface area contributed by atoms with Gasteiger partial charge in [0.15, 0.2) is 0 Å². The van der Waals surface area contributed by atoms with Crippen molar-refractivity contribution in [2.45, 2.75) is 31.7 Å². The van der Waals surface area contributed by atoms with Crippen molar-refractivity contribution in [1.29, 1.82) is 0 Å². The minimum Gasteiger partial charge on any atom is -0.377 e. The first-order chi connectivity index (χ1) is 13.9. The van der Waals surface area contributed by atoms with Crippen molar-refractivity contribution in [1.82, 2.24) is 4.90 Å². The van der Waals surface area contributed by atoms with Crippen LogP contribution in [0.5, 0.6) is 0 Å². The molecule has 1 heterocycles. The van der Waals surface area contributed by atoms with Crippen LogP contribution in [-0.2, 0) is 23.7 Å². The van der Waals surface area contributed by atoms with Crippen LogP contribution in [0.1, 0.15) is 24.8 Å². The van der Waals surface area contributed by atoms with Crippen LogP contribution in [0.4, 0.5) is 13.2 Å². The summed E-state index contributed by atoms with van der Waals surface area (Å²) < 4.78 is 54.9. The van der Waals surface area contributed by atoms with Crippen molar-refractivity contribution in [3.05, 3.63) is 35.9 Å². The van der Waals surface area contributed by atoms with Gasteiger partial charge in [-0.05, 0) is 18.9 Å². The maximum atomic E-state index is 12.6. The number of halogens is 3. The average molecular weight is 419 g/mol. The molecule has 0 N–H and O–H groups in total. The summed E-state index contributed by atoms with van der Waals surface area (Å²) >= 11 is 0. The van der Waals surface area contributed by atoms with Crippen LogP contribution in [0.2, 0.25) is 0 Å². The van der Waals surface area contributed by atoms with E-state index in [0.717, 1.165) is 12.0 Å². The molecule has 0 aliphatic carbocycles. The molecular formula is C20H28F3NO5. The molecule has 0 unspecified atom stereocenters. The van der Waals surface area contributed by atoms with E-state index >= 15 is 0 Å². The van der Waals surface area contributed by atoms with Crippen LogP contribution in [0.3, 0.4) is 0 Å². The molecule has 2 rings (SSSR count). The summed E-state index contributed by atoms with van der Waals surface area (Å²) in [6, 6.07) is 9.69. The number of nitrogens with zero attached hydrogens (tertiary/aromatic N) is 1. The van der Waals surface area contributed by atoms with Gasteiger partial charge < -0.3 is 19.1 Å². The summed E-state index contributed by atoms with van der Waals surface area (Å²) in [6.07, 6.45) is -3.85. The van der Waals surface area contributed by atoms with Gasteiger partial charge in [0.1, 0.15) is 0 Å². The smallest absolute Gasteiger partial charge is 0.377 e. The summed E-state index contributed by atoms with van der Waals surface area (Å²) in [4.78, 5) is 14.5. The van der Waals surface area contributed by atoms with E-state index in [1.54, 1.807) is 0 Å². The molecule has 2 atom stereocenters. The molecule has 9 heteroatoms. The minimum absolute atomic E-state index is 0.0127.